The first kappa shape index (κ1) is 18.9. The lowest BCUT2D eigenvalue weighted by molar-refractivity contribution is 0.364. The molecule has 27 heavy (non-hydrogen) atoms. The van der Waals surface area contributed by atoms with Gasteiger partial charge < -0.3 is 10.4 Å². The van der Waals surface area contributed by atoms with Crippen LogP contribution in [-0.4, -0.2) is 10.1 Å². The van der Waals surface area contributed by atoms with Gasteiger partial charge in [-0.1, -0.05) is 25.5 Å². The molecule has 0 aliphatic carbocycles. The van der Waals surface area contributed by atoms with Crippen molar-refractivity contribution < 1.29 is 28.9 Å². The summed E-state index contributed by atoms with van der Waals surface area (Å²) in [6, 6.07) is 9.04. The molecule has 0 saturated heterocycles. The van der Waals surface area contributed by atoms with Crippen LogP contribution in [0.15, 0.2) is 65.7 Å². The fourth-order valence-electron chi connectivity index (χ4n) is 2.34. The van der Waals surface area contributed by atoms with Crippen molar-refractivity contribution in [1.29, 1.82) is 0 Å². The van der Waals surface area contributed by atoms with E-state index in [4.69, 9.17) is 0 Å². The van der Waals surface area contributed by atoms with E-state index in [1.54, 1.807) is 12.1 Å². The summed E-state index contributed by atoms with van der Waals surface area (Å²) in [6.45, 7) is 0. The molecule has 0 radical (unpaired) electrons. The zero-order chi connectivity index (χ0) is 19.9. The van der Waals surface area contributed by atoms with Gasteiger partial charge >= 0.3 is 10.2 Å². The molecule has 0 fully saturated rings. The molecule has 0 atom stereocenters. The Morgan fingerprint density at radius 3 is 2.15 bits per heavy atom. The molecule has 10 heteroatoms. The highest BCUT2D eigenvalue weighted by Gasteiger charge is 2.65. The summed E-state index contributed by atoms with van der Waals surface area (Å²) in [5.41, 5.74) is 0.831. The highest BCUT2D eigenvalue weighted by Crippen LogP contribution is 3.02. The van der Waals surface area contributed by atoms with Gasteiger partial charge in [-0.15, -0.1) is 0 Å². The molecule has 3 aromatic rings. The van der Waals surface area contributed by atoms with Crippen molar-refractivity contribution in [2.45, 2.75) is 4.90 Å². The zero-order valence-electron chi connectivity index (χ0n) is 13.3. The fourth-order valence-corrected chi connectivity index (χ4v) is 2.99. The van der Waals surface area contributed by atoms with Crippen molar-refractivity contribution in [3.63, 3.8) is 0 Å². The van der Waals surface area contributed by atoms with Crippen LogP contribution in [0.2, 0.25) is 0 Å². The average Bonchev–Trinajstić information content (AvgIpc) is 2.56. The number of hydrogen-bond donors (Lipinski definition) is 2. The van der Waals surface area contributed by atoms with E-state index in [1.807, 2.05) is 0 Å². The van der Waals surface area contributed by atoms with Crippen LogP contribution in [0.1, 0.15) is 0 Å². The van der Waals surface area contributed by atoms with Gasteiger partial charge in [0.2, 0.25) is 0 Å². The van der Waals surface area contributed by atoms with Crippen molar-refractivity contribution in [3.05, 3.63) is 66.6 Å². The van der Waals surface area contributed by atoms with E-state index in [1.165, 1.54) is 12.3 Å². The lowest BCUT2D eigenvalue weighted by Crippen LogP contribution is -2.06. The third-order valence-electron chi connectivity index (χ3n) is 3.63. The molecule has 1 aromatic heterocycles. The second-order valence-corrected chi connectivity index (χ2v) is 8.09. The Hall–Kier alpha value is -2.88. The molecular weight excluding hydrogens is 394 g/mol. The van der Waals surface area contributed by atoms with Crippen molar-refractivity contribution in [2.75, 3.05) is 5.32 Å². The number of anilines is 2. The first-order valence-electron chi connectivity index (χ1n) is 7.38. The van der Waals surface area contributed by atoms with E-state index >= 15 is 0 Å². The van der Waals surface area contributed by atoms with Gasteiger partial charge in [-0.05, 0) is 54.1 Å². The highest BCUT2D eigenvalue weighted by molar-refractivity contribution is 8.45. The van der Waals surface area contributed by atoms with Crippen LogP contribution in [-0.2, 0) is 0 Å². The van der Waals surface area contributed by atoms with Crippen LogP contribution in [0.25, 0.3) is 11.1 Å². The number of hydrogen-bond acceptors (Lipinski definition) is 3. The molecule has 3 nitrogen and oxygen atoms in total. The van der Waals surface area contributed by atoms with Crippen LogP contribution in [0.4, 0.5) is 35.3 Å². The van der Waals surface area contributed by atoms with Gasteiger partial charge in [0, 0.05) is 17.4 Å². The average molecular weight is 406 g/mol. The lowest BCUT2D eigenvalue weighted by atomic mass is 10.1. The Bertz CT molecular complexity index is 1010. The molecule has 0 unspecified atom stereocenters. The third-order valence-corrected chi connectivity index (χ3v) is 4.79. The number of nitrogens with one attached hydrogen (secondary N) is 1. The number of benzene rings is 2. The summed E-state index contributed by atoms with van der Waals surface area (Å²) in [5, 5.41) is 12.0. The predicted molar refractivity (Wildman–Crippen MR) is 92.4 cm³/mol. The number of halogens is 6. The SMILES string of the molecule is Oc1ccc(-c2cccnc2Nc2ccc(S(F)(F)(F)(F)F)cc2)cc1F. The van der Waals surface area contributed by atoms with E-state index in [0.717, 1.165) is 24.3 Å². The Kier molecular flexibility index (Phi) is 3.89. The molecule has 3 rings (SSSR count). The summed E-state index contributed by atoms with van der Waals surface area (Å²) in [6.07, 6.45) is 1.39. The molecule has 0 amide bonds. The van der Waals surface area contributed by atoms with Crippen molar-refractivity contribution in [1.82, 2.24) is 4.98 Å². The standard InChI is InChI=1S/C17H12F6N2OS/c18-15-10-11(3-8-16(15)26)14-2-1-9-24-17(14)25-12-4-6-13(7-5-12)27(19,20,21,22)23/h1-10,26H,(H,24,25). The van der Waals surface area contributed by atoms with Crippen molar-refractivity contribution in [2.24, 2.45) is 0 Å². The fraction of sp³-hybridized carbons (Fsp3) is 0. The number of aromatic nitrogens is 1. The molecule has 0 bridgehead atoms. The maximum atomic E-state index is 13.6. The number of phenols is 1. The van der Waals surface area contributed by atoms with Gasteiger partial charge in [-0.3, -0.25) is 0 Å². The number of aromatic hydroxyl groups is 1. The Labute approximate surface area is 150 Å². The minimum absolute atomic E-state index is 0.0831. The van der Waals surface area contributed by atoms with Gasteiger partial charge in [-0.25, -0.2) is 9.37 Å². The first-order valence-corrected chi connectivity index (χ1v) is 9.34. The van der Waals surface area contributed by atoms with Gasteiger partial charge in [0.25, 0.3) is 0 Å². The van der Waals surface area contributed by atoms with Crippen LogP contribution in [0.5, 0.6) is 5.75 Å². The summed E-state index contributed by atoms with van der Waals surface area (Å²) >= 11 is 0. The number of rotatable bonds is 4. The number of nitrogens with zero attached hydrogens (tertiary/aromatic N) is 1. The van der Waals surface area contributed by atoms with E-state index in [-0.39, 0.29) is 23.6 Å². The maximum absolute atomic E-state index is 13.6. The Morgan fingerprint density at radius 1 is 0.889 bits per heavy atom. The van der Waals surface area contributed by atoms with Gasteiger partial charge in [-0.2, -0.15) is 0 Å². The minimum atomic E-state index is -9.74. The molecule has 1 heterocycles. The predicted octanol–water partition coefficient (Wildman–Crippen LogP) is 6.99. The second-order valence-electron chi connectivity index (χ2n) is 5.68. The molecule has 0 saturated carbocycles. The smallest absolute Gasteiger partial charge is 0.310 e. The van der Waals surface area contributed by atoms with Gasteiger partial charge in [0.1, 0.15) is 10.7 Å². The van der Waals surface area contributed by atoms with E-state index in [9.17, 15) is 28.9 Å². The van der Waals surface area contributed by atoms with E-state index < -0.39 is 26.7 Å². The molecule has 144 valence electrons. The van der Waals surface area contributed by atoms with Gasteiger partial charge in [0.05, 0.1) is 0 Å². The van der Waals surface area contributed by atoms with Crippen LogP contribution < -0.4 is 5.32 Å². The summed E-state index contributed by atoms with van der Waals surface area (Å²) in [7, 11) is -9.74. The van der Waals surface area contributed by atoms with E-state index in [0.29, 0.717) is 11.1 Å². The molecule has 0 aliphatic heterocycles. The summed E-state index contributed by atoms with van der Waals surface area (Å²) in [4.78, 5) is 2.04. The lowest BCUT2D eigenvalue weighted by Gasteiger charge is -2.40. The quantitative estimate of drug-likeness (QED) is 0.459. The van der Waals surface area contributed by atoms with Crippen LogP contribution in [0, 0.1) is 5.82 Å². The maximum Gasteiger partial charge on any atom is 0.310 e. The minimum Gasteiger partial charge on any atom is -0.505 e. The van der Waals surface area contributed by atoms with Crippen LogP contribution in [0.3, 0.4) is 0 Å². The topological polar surface area (TPSA) is 45.2 Å². The number of phenolic OH excluding ortho intramolecular Hbond substituents is 1. The third kappa shape index (κ3) is 4.27. The summed E-state index contributed by atoms with van der Waals surface area (Å²) < 4.78 is 77.5. The molecule has 0 aliphatic rings. The summed E-state index contributed by atoms with van der Waals surface area (Å²) in [5.74, 6) is -1.23. The second kappa shape index (κ2) is 5.56. The normalized spacial score (nSPS) is 14.3. The van der Waals surface area contributed by atoms with Crippen molar-refractivity contribution in [3.8, 4) is 16.9 Å². The zero-order valence-corrected chi connectivity index (χ0v) is 14.2. The Morgan fingerprint density at radius 2 is 1.56 bits per heavy atom. The van der Waals surface area contributed by atoms with Crippen molar-refractivity contribution >= 4 is 21.7 Å². The molecular formula is C17H12F6N2OS. The highest BCUT2D eigenvalue weighted by atomic mass is 32.5. The van der Waals surface area contributed by atoms with Crippen LogP contribution >= 0.6 is 10.2 Å². The molecule has 0 spiro atoms. The Balaban J connectivity index is 1.95. The molecule has 2 N–H and O–H groups in total. The first-order chi connectivity index (χ1) is 12.3. The number of pyridine rings is 1. The molecule has 2 aromatic carbocycles. The van der Waals surface area contributed by atoms with Gasteiger partial charge in [0.15, 0.2) is 11.6 Å². The van der Waals surface area contributed by atoms with E-state index in [2.05, 4.69) is 10.3 Å². The monoisotopic (exact) mass is 406 g/mol. The largest absolute Gasteiger partial charge is 0.505 e.